The molecule has 6 N–H and O–H groups in total. The molecule has 0 radical (unpaired) electrons. The van der Waals surface area contributed by atoms with Crippen molar-refractivity contribution in [1.82, 2.24) is 5.32 Å². The second kappa shape index (κ2) is 66.5. The number of aliphatic hydroxyl groups excluding tert-OH is 5. The summed E-state index contributed by atoms with van der Waals surface area (Å²) in [6, 6.07) is -0.854. The fourth-order valence-electron chi connectivity index (χ4n) is 10.2. The molecule has 1 aliphatic rings. The van der Waals surface area contributed by atoms with Crippen LogP contribution in [-0.4, -0.2) is 87.5 Å². The largest absolute Gasteiger partial charge is 0.394 e. The monoisotopic (exact) mass is 1230 g/mol. The molecule has 0 aliphatic carbocycles. The summed E-state index contributed by atoms with van der Waals surface area (Å²) in [5, 5.41) is 54.7. The summed E-state index contributed by atoms with van der Waals surface area (Å²) in [6.45, 7) is 3.64. The zero-order valence-corrected chi connectivity index (χ0v) is 56.4. The predicted molar refractivity (Wildman–Crippen MR) is 382 cm³/mol. The highest BCUT2D eigenvalue weighted by atomic mass is 16.7. The summed E-state index contributed by atoms with van der Waals surface area (Å²) >= 11 is 0. The second-order valence-corrected chi connectivity index (χ2v) is 23.9. The van der Waals surface area contributed by atoms with E-state index < -0.39 is 49.5 Å². The molecule has 0 aromatic heterocycles. The van der Waals surface area contributed by atoms with Crippen molar-refractivity contribution >= 4 is 5.91 Å². The Morgan fingerprint density at radius 2 is 0.708 bits per heavy atom. The van der Waals surface area contributed by atoms with Crippen molar-refractivity contribution in [2.24, 2.45) is 0 Å². The molecule has 1 aliphatic heterocycles. The van der Waals surface area contributed by atoms with Crippen molar-refractivity contribution in [3.05, 3.63) is 170 Å². The molecule has 1 saturated heterocycles. The molecule has 1 rings (SSSR count). The fourth-order valence-corrected chi connectivity index (χ4v) is 10.2. The van der Waals surface area contributed by atoms with Crippen molar-refractivity contribution in [2.75, 3.05) is 13.2 Å². The third-order valence-electron chi connectivity index (χ3n) is 15.8. The summed E-state index contributed by atoms with van der Waals surface area (Å²) in [7, 11) is 0. The number of amides is 1. The van der Waals surface area contributed by atoms with Crippen molar-refractivity contribution in [2.45, 2.75) is 314 Å². The summed E-state index contributed by atoms with van der Waals surface area (Å²) in [4.78, 5) is 13.1. The molecule has 504 valence electrons. The van der Waals surface area contributed by atoms with Crippen LogP contribution in [0.1, 0.15) is 271 Å². The van der Waals surface area contributed by atoms with Crippen LogP contribution < -0.4 is 5.32 Å². The van der Waals surface area contributed by atoms with Crippen LogP contribution in [0.4, 0.5) is 0 Å². The van der Waals surface area contributed by atoms with Crippen molar-refractivity contribution in [3.8, 4) is 0 Å². The third kappa shape index (κ3) is 55.0. The lowest BCUT2D eigenvalue weighted by Crippen LogP contribution is -2.60. The summed E-state index contributed by atoms with van der Waals surface area (Å²) < 4.78 is 11.3. The van der Waals surface area contributed by atoms with Gasteiger partial charge in [-0.1, -0.05) is 306 Å². The van der Waals surface area contributed by atoms with Crippen LogP contribution in [0.3, 0.4) is 0 Å². The smallest absolute Gasteiger partial charge is 0.220 e. The lowest BCUT2D eigenvalue weighted by Gasteiger charge is -2.40. The van der Waals surface area contributed by atoms with Gasteiger partial charge in [0.05, 0.1) is 25.4 Å². The van der Waals surface area contributed by atoms with E-state index in [0.29, 0.717) is 12.8 Å². The van der Waals surface area contributed by atoms with Gasteiger partial charge in [0.1, 0.15) is 24.4 Å². The van der Waals surface area contributed by atoms with E-state index >= 15 is 0 Å². The van der Waals surface area contributed by atoms with Gasteiger partial charge in [-0.2, -0.15) is 0 Å². The molecule has 7 unspecified atom stereocenters. The highest BCUT2D eigenvalue weighted by molar-refractivity contribution is 5.76. The minimum absolute atomic E-state index is 0.215. The number of unbranched alkanes of at least 4 members (excludes halogenated alkanes) is 24. The topological polar surface area (TPSA) is 149 Å². The van der Waals surface area contributed by atoms with Gasteiger partial charge in [-0.25, -0.2) is 0 Å². The number of aliphatic hydroxyl groups is 5. The Morgan fingerprint density at radius 1 is 0.393 bits per heavy atom. The maximum atomic E-state index is 13.1. The Bertz CT molecular complexity index is 2020. The zero-order valence-electron chi connectivity index (χ0n) is 56.4. The van der Waals surface area contributed by atoms with Crippen molar-refractivity contribution in [1.29, 1.82) is 0 Å². The van der Waals surface area contributed by atoms with Gasteiger partial charge in [0.25, 0.3) is 0 Å². The molecule has 0 spiro atoms. The van der Waals surface area contributed by atoms with E-state index in [1.165, 1.54) is 109 Å². The van der Waals surface area contributed by atoms with E-state index in [0.717, 1.165) is 135 Å². The normalized spacial score (nSPS) is 18.9. The molecule has 0 bridgehead atoms. The van der Waals surface area contributed by atoms with Gasteiger partial charge in [-0.05, 0) is 128 Å². The minimum Gasteiger partial charge on any atom is -0.394 e. The average Bonchev–Trinajstić information content (AvgIpc) is 2.42. The van der Waals surface area contributed by atoms with Gasteiger partial charge >= 0.3 is 0 Å². The zero-order chi connectivity index (χ0) is 64.2. The lowest BCUT2D eigenvalue weighted by atomic mass is 9.99. The highest BCUT2D eigenvalue weighted by Crippen LogP contribution is 2.23. The van der Waals surface area contributed by atoms with E-state index in [9.17, 15) is 30.3 Å². The maximum Gasteiger partial charge on any atom is 0.220 e. The van der Waals surface area contributed by atoms with Crippen LogP contribution in [0.15, 0.2) is 170 Å². The first-order chi connectivity index (χ1) is 43.8. The molecule has 0 aromatic rings. The first kappa shape index (κ1) is 82.6. The van der Waals surface area contributed by atoms with E-state index in [2.05, 4.69) is 177 Å². The Morgan fingerprint density at radius 3 is 1.08 bits per heavy atom. The SMILES string of the molecule is CC/C=C\C/C=C\C/C=C\C/C=C\C/C=C\C/C=C\C/C=C\C/C=C\C/C=C\C/C=C\C/C=C\CCCCCCCC(=O)NC(COC1OC(CO)C(O)C(O)C1O)C(O)/C=C/CC/C=C/CC/C=C/CCCCCCCCCCCCCCCCCCC. The average molecular weight is 1230 g/mol. The standard InChI is InChI=1S/C80H131NO8/c1-3-5-7-9-11-13-15-17-19-21-23-25-27-29-31-32-33-34-35-36-37-38-39-40-41-42-44-46-48-50-52-54-56-58-60-62-64-66-68-70-76(84)81-73(72-88-80-79(87)78(86)77(85)75(71-82)89-80)74(83)69-67-65-63-61-59-57-55-53-51-49-47-45-43-30-28-26-24-22-20-18-16-14-12-10-8-6-4-2/h5,7,11,13,17,19,23,25,29,31,33-34,36-37,39-40,42,44,48,50-51,53-54,56,59,61,67,69,73-75,77-80,82-83,85-87H,3-4,6,8-10,12,14-16,18,20-22,24,26-28,30,32,35,38,41,43,45-47,49,52,55,57-58,60,62-66,68,70-72H2,1-2H3,(H,81,84)/b7-5-,13-11-,19-17-,25-23-,31-29-,34-33-,37-36-,40-39-,44-42-,50-48-,53-51+,56-54-,61-59+,69-67+. The van der Waals surface area contributed by atoms with Crippen LogP contribution in [0.2, 0.25) is 0 Å². The molecule has 0 saturated carbocycles. The van der Waals surface area contributed by atoms with E-state index in [4.69, 9.17) is 9.47 Å². The van der Waals surface area contributed by atoms with Crippen LogP contribution >= 0.6 is 0 Å². The highest BCUT2D eigenvalue weighted by Gasteiger charge is 2.44. The molecule has 1 fully saturated rings. The lowest BCUT2D eigenvalue weighted by molar-refractivity contribution is -0.302. The van der Waals surface area contributed by atoms with Gasteiger partial charge in [0.2, 0.25) is 5.91 Å². The van der Waals surface area contributed by atoms with E-state index in [-0.39, 0.29) is 12.5 Å². The quantitative estimate of drug-likeness (QED) is 0.0261. The van der Waals surface area contributed by atoms with E-state index in [1.807, 2.05) is 6.08 Å². The van der Waals surface area contributed by atoms with E-state index in [1.54, 1.807) is 6.08 Å². The molecule has 9 nitrogen and oxygen atoms in total. The van der Waals surface area contributed by atoms with Gasteiger partial charge in [-0.15, -0.1) is 0 Å². The number of rotatable bonds is 60. The number of carbonyl (C=O) groups is 1. The Balaban J connectivity index is 2.22. The number of hydrogen-bond acceptors (Lipinski definition) is 8. The predicted octanol–water partition coefficient (Wildman–Crippen LogP) is 20.1. The molecular weight excluding hydrogens is 1100 g/mol. The molecule has 1 heterocycles. The molecule has 0 aromatic carbocycles. The van der Waals surface area contributed by atoms with Gasteiger partial charge in [0, 0.05) is 6.42 Å². The molecule has 89 heavy (non-hydrogen) atoms. The first-order valence-corrected chi connectivity index (χ1v) is 35.9. The van der Waals surface area contributed by atoms with Gasteiger partial charge < -0.3 is 40.3 Å². The van der Waals surface area contributed by atoms with Crippen LogP contribution in [0, 0.1) is 0 Å². The maximum absolute atomic E-state index is 13.1. The summed E-state index contributed by atoms with van der Waals surface area (Å²) in [5.41, 5.74) is 0. The fraction of sp³-hybridized carbons (Fsp3) is 0.637. The van der Waals surface area contributed by atoms with Crippen LogP contribution in [0.5, 0.6) is 0 Å². The number of ether oxygens (including phenoxy) is 2. The number of nitrogens with one attached hydrogen (secondary N) is 1. The van der Waals surface area contributed by atoms with Crippen molar-refractivity contribution < 1.29 is 39.8 Å². The van der Waals surface area contributed by atoms with Gasteiger partial charge in [0.15, 0.2) is 6.29 Å². The number of carbonyl (C=O) groups excluding carboxylic acids is 1. The Hall–Kier alpha value is -4.45. The Labute approximate surface area is 545 Å². The third-order valence-corrected chi connectivity index (χ3v) is 15.8. The van der Waals surface area contributed by atoms with Crippen molar-refractivity contribution in [3.63, 3.8) is 0 Å². The summed E-state index contributed by atoms with van der Waals surface area (Å²) in [6.07, 6.45) is 98.8. The Kier molecular flexibility index (Phi) is 61.7. The molecule has 1 amide bonds. The minimum atomic E-state index is -1.59. The summed E-state index contributed by atoms with van der Waals surface area (Å²) in [5.74, 6) is -0.215. The van der Waals surface area contributed by atoms with Crippen LogP contribution in [-0.2, 0) is 14.3 Å². The molecular formula is C80H131NO8. The molecule has 9 heteroatoms. The molecule has 7 atom stereocenters. The number of allylic oxidation sites excluding steroid dienone is 27. The number of hydrogen-bond donors (Lipinski definition) is 6. The first-order valence-electron chi connectivity index (χ1n) is 35.9. The van der Waals surface area contributed by atoms with Gasteiger partial charge in [-0.3, -0.25) is 4.79 Å². The van der Waals surface area contributed by atoms with Crippen LogP contribution in [0.25, 0.3) is 0 Å². The second-order valence-electron chi connectivity index (χ2n) is 23.9.